The molecule has 0 aromatic rings. The number of hydrogen-bond donors (Lipinski definition) is 2. The Morgan fingerprint density at radius 2 is 1.88 bits per heavy atom. The molecule has 0 unspecified atom stereocenters. The van der Waals surface area contributed by atoms with E-state index in [1.807, 2.05) is 0 Å². The van der Waals surface area contributed by atoms with Gasteiger partial charge in [-0.1, -0.05) is 0 Å². The molecule has 0 heterocycles. The molecule has 0 saturated heterocycles. The maximum absolute atomic E-state index is 11.7. The van der Waals surface area contributed by atoms with Gasteiger partial charge in [-0.2, -0.15) is 0 Å². The minimum absolute atomic E-state index is 0.437. The molecule has 0 aliphatic heterocycles. The van der Waals surface area contributed by atoms with E-state index in [1.165, 1.54) is 26.7 Å². The number of hydrogen-bond acceptors (Lipinski definition) is 4. The van der Waals surface area contributed by atoms with Crippen molar-refractivity contribution < 1.29 is 13.2 Å². The van der Waals surface area contributed by atoms with Gasteiger partial charge in [-0.25, -0.2) is 8.42 Å². The molecule has 94 valence electrons. The third-order valence-electron chi connectivity index (χ3n) is 2.89. The number of carbonyl (C=O) groups is 1. The fourth-order valence-electron chi connectivity index (χ4n) is 1.12. The lowest BCUT2D eigenvalue weighted by atomic mass is 10.2. The smallest absolute Gasteiger partial charge is 0.240 e. The van der Waals surface area contributed by atoms with Crippen LogP contribution in [0.1, 0.15) is 26.7 Å². The van der Waals surface area contributed by atoms with Gasteiger partial charge in [-0.15, -0.1) is 0 Å². The van der Waals surface area contributed by atoms with Crippen molar-refractivity contribution in [1.29, 1.82) is 0 Å². The SMILES string of the molecule is CC(C)(C(=O)NCCNC1CC1)S(C)(=O)=O. The summed E-state index contributed by atoms with van der Waals surface area (Å²) < 4.78 is 21.4. The van der Waals surface area contributed by atoms with Gasteiger partial charge < -0.3 is 10.6 Å². The van der Waals surface area contributed by atoms with Crippen molar-refractivity contribution in [2.75, 3.05) is 19.3 Å². The summed E-state index contributed by atoms with van der Waals surface area (Å²) >= 11 is 0. The van der Waals surface area contributed by atoms with Gasteiger partial charge in [0, 0.05) is 25.4 Å². The van der Waals surface area contributed by atoms with E-state index in [0.29, 0.717) is 19.1 Å². The molecule has 1 rings (SSSR count). The standard InChI is InChI=1S/C10H20N2O3S/c1-10(2,16(3,14)15)9(13)12-7-6-11-8-4-5-8/h8,11H,4-7H2,1-3H3,(H,12,13). The van der Waals surface area contributed by atoms with Crippen LogP contribution in [0.5, 0.6) is 0 Å². The Morgan fingerprint density at radius 1 is 1.31 bits per heavy atom. The lowest BCUT2D eigenvalue weighted by Crippen LogP contribution is -2.49. The average Bonchev–Trinajstić information content (AvgIpc) is 2.93. The molecule has 0 radical (unpaired) electrons. The highest BCUT2D eigenvalue weighted by Gasteiger charge is 2.38. The third-order valence-corrected chi connectivity index (χ3v) is 4.93. The highest BCUT2D eigenvalue weighted by molar-refractivity contribution is 7.92. The Hall–Kier alpha value is -0.620. The van der Waals surface area contributed by atoms with Gasteiger partial charge in [-0.05, 0) is 26.7 Å². The zero-order valence-electron chi connectivity index (χ0n) is 10.0. The molecular formula is C10H20N2O3S. The highest BCUT2D eigenvalue weighted by atomic mass is 32.2. The van der Waals surface area contributed by atoms with E-state index < -0.39 is 20.5 Å². The molecule has 0 aromatic carbocycles. The van der Waals surface area contributed by atoms with Crippen molar-refractivity contribution in [2.24, 2.45) is 0 Å². The first-order valence-electron chi connectivity index (χ1n) is 5.46. The van der Waals surface area contributed by atoms with Crippen LogP contribution in [-0.2, 0) is 14.6 Å². The van der Waals surface area contributed by atoms with Crippen LogP contribution in [0.4, 0.5) is 0 Å². The van der Waals surface area contributed by atoms with Crippen LogP contribution < -0.4 is 10.6 Å². The minimum atomic E-state index is -3.38. The van der Waals surface area contributed by atoms with Crippen molar-refractivity contribution in [3.63, 3.8) is 0 Å². The number of sulfone groups is 1. The second-order valence-corrected chi connectivity index (χ2v) is 7.33. The second kappa shape index (κ2) is 4.71. The summed E-state index contributed by atoms with van der Waals surface area (Å²) in [5.41, 5.74) is 0. The zero-order valence-corrected chi connectivity index (χ0v) is 10.9. The van der Waals surface area contributed by atoms with E-state index in [0.717, 1.165) is 6.26 Å². The van der Waals surface area contributed by atoms with Crippen LogP contribution in [0, 0.1) is 0 Å². The maximum Gasteiger partial charge on any atom is 0.240 e. The summed E-state index contributed by atoms with van der Waals surface area (Å²) in [5.74, 6) is -0.437. The van der Waals surface area contributed by atoms with Gasteiger partial charge >= 0.3 is 0 Å². The lowest BCUT2D eigenvalue weighted by Gasteiger charge is -2.21. The normalized spacial score (nSPS) is 17.2. The minimum Gasteiger partial charge on any atom is -0.353 e. The van der Waals surface area contributed by atoms with Crippen molar-refractivity contribution in [3.8, 4) is 0 Å². The Kier molecular flexibility index (Phi) is 3.96. The first kappa shape index (κ1) is 13.4. The fraction of sp³-hybridized carbons (Fsp3) is 0.900. The molecule has 1 aliphatic carbocycles. The molecule has 16 heavy (non-hydrogen) atoms. The number of rotatable bonds is 6. The predicted molar refractivity (Wildman–Crippen MR) is 63.0 cm³/mol. The summed E-state index contributed by atoms with van der Waals surface area (Å²) in [4.78, 5) is 11.7. The Labute approximate surface area is 96.9 Å². The van der Waals surface area contributed by atoms with E-state index in [9.17, 15) is 13.2 Å². The quantitative estimate of drug-likeness (QED) is 0.632. The molecular weight excluding hydrogens is 228 g/mol. The summed E-state index contributed by atoms with van der Waals surface area (Å²) in [7, 11) is -3.38. The van der Waals surface area contributed by atoms with Crippen LogP contribution in [-0.4, -0.2) is 44.5 Å². The van der Waals surface area contributed by atoms with Crippen LogP contribution in [0.15, 0.2) is 0 Å². The summed E-state index contributed by atoms with van der Waals surface area (Å²) in [6, 6.07) is 0.597. The third kappa shape index (κ3) is 3.45. The van der Waals surface area contributed by atoms with Gasteiger partial charge in [0.2, 0.25) is 5.91 Å². The molecule has 0 bridgehead atoms. The van der Waals surface area contributed by atoms with E-state index >= 15 is 0 Å². The van der Waals surface area contributed by atoms with Crippen molar-refractivity contribution in [3.05, 3.63) is 0 Å². The van der Waals surface area contributed by atoms with Crippen LogP contribution >= 0.6 is 0 Å². The number of amides is 1. The average molecular weight is 248 g/mol. The van der Waals surface area contributed by atoms with Crippen molar-refractivity contribution >= 4 is 15.7 Å². The summed E-state index contributed by atoms with van der Waals surface area (Å²) in [6.45, 7) is 4.00. The maximum atomic E-state index is 11.7. The van der Waals surface area contributed by atoms with Crippen LogP contribution in [0.2, 0.25) is 0 Å². The van der Waals surface area contributed by atoms with Crippen molar-refractivity contribution in [2.45, 2.75) is 37.5 Å². The first-order valence-corrected chi connectivity index (χ1v) is 7.35. The molecule has 1 aliphatic rings. The van der Waals surface area contributed by atoms with Gasteiger partial charge in [0.05, 0.1) is 0 Å². The molecule has 1 saturated carbocycles. The zero-order chi connectivity index (χ0) is 12.4. The largest absolute Gasteiger partial charge is 0.353 e. The summed E-state index contributed by atoms with van der Waals surface area (Å²) in [5, 5.41) is 5.87. The van der Waals surface area contributed by atoms with Gasteiger partial charge in [0.15, 0.2) is 9.84 Å². The molecule has 1 amide bonds. The topological polar surface area (TPSA) is 75.3 Å². The lowest BCUT2D eigenvalue weighted by molar-refractivity contribution is -0.122. The van der Waals surface area contributed by atoms with E-state index in [1.54, 1.807) is 0 Å². The van der Waals surface area contributed by atoms with Crippen LogP contribution in [0.25, 0.3) is 0 Å². The Morgan fingerprint density at radius 3 is 2.31 bits per heavy atom. The number of nitrogens with one attached hydrogen (secondary N) is 2. The van der Waals surface area contributed by atoms with Crippen LogP contribution in [0.3, 0.4) is 0 Å². The molecule has 0 spiro atoms. The summed E-state index contributed by atoms with van der Waals surface area (Å²) in [6.07, 6.45) is 3.47. The molecule has 5 nitrogen and oxygen atoms in total. The Balaban J connectivity index is 2.32. The molecule has 2 N–H and O–H groups in total. The molecule has 0 aromatic heterocycles. The number of carbonyl (C=O) groups excluding carboxylic acids is 1. The van der Waals surface area contributed by atoms with Gasteiger partial charge in [-0.3, -0.25) is 4.79 Å². The van der Waals surface area contributed by atoms with E-state index in [4.69, 9.17) is 0 Å². The molecule has 6 heteroatoms. The fourth-order valence-corrected chi connectivity index (χ4v) is 1.53. The Bertz CT molecular complexity index is 358. The van der Waals surface area contributed by atoms with Gasteiger partial charge in [0.1, 0.15) is 4.75 Å². The second-order valence-electron chi connectivity index (χ2n) is 4.77. The van der Waals surface area contributed by atoms with E-state index in [-0.39, 0.29) is 0 Å². The van der Waals surface area contributed by atoms with Crippen molar-refractivity contribution in [1.82, 2.24) is 10.6 Å². The van der Waals surface area contributed by atoms with Gasteiger partial charge in [0.25, 0.3) is 0 Å². The molecule has 1 fully saturated rings. The highest BCUT2D eigenvalue weighted by Crippen LogP contribution is 2.18. The predicted octanol–water partition coefficient (Wildman–Crippen LogP) is -0.322. The monoisotopic (exact) mass is 248 g/mol. The first-order chi connectivity index (χ1) is 7.25. The van der Waals surface area contributed by atoms with E-state index in [2.05, 4.69) is 10.6 Å². The molecule has 0 atom stereocenters.